The molecule has 1 aromatic carbocycles. The standard InChI is InChI=1S/C15H23ClN2O3.ClH/c1-10(2)9-21-14-5-4-11(6-13(14)16)18-15(19)7-12(8-17)20-3;/h4-6,10,12H,7-9,17H2,1-3H3,(H,18,19);1H. The Labute approximate surface area is 142 Å². The Bertz CT molecular complexity index is 466. The maximum Gasteiger partial charge on any atom is 0.227 e. The molecule has 0 heterocycles. The van der Waals surface area contributed by atoms with E-state index in [1.807, 2.05) is 0 Å². The molecule has 0 aliphatic heterocycles. The number of methoxy groups -OCH3 is 1. The number of benzene rings is 1. The van der Waals surface area contributed by atoms with Gasteiger partial charge >= 0.3 is 0 Å². The van der Waals surface area contributed by atoms with Gasteiger partial charge in [0.25, 0.3) is 0 Å². The van der Waals surface area contributed by atoms with Crippen LogP contribution in [0.4, 0.5) is 5.69 Å². The monoisotopic (exact) mass is 350 g/mol. The lowest BCUT2D eigenvalue weighted by Gasteiger charge is -2.14. The van der Waals surface area contributed by atoms with Crippen LogP contribution in [0.5, 0.6) is 5.75 Å². The number of anilines is 1. The fraction of sp³-hybridized carbons (Fsp3) is 0.533. The van der Waals surface area contributed by atoms with E-state index in [2.05, 4.69) is 19.2 Å². The predicted molar refractivity (Wildman–Crippen MR) is 92.1 cm³/mol. The summed E-state index contributed by atoms with van der Waals surface area (Å²) in [5, 5.41) is 3.23. The fourth-order valence-corrected chi connectivity index (χ4v) is 1.87. The molecule has 22 heavy (non-hydrogen) atoms. The van der Waals surface area contributed by atoms with E-state index in [1.54, 1.807) is 18.2 Å². The average molecular weight is 351 g/mol. The smallest absolute Gasteiger partial charge is 0.227 e. The molecule has 5 nitrogen and oxygen atoms in total. The SMILES string of the molecule is COC(CN)CC(=O)Nc1ccc(OCC(C)C)c(Cl)c1.Cl. The zero-order chi connectivity index (χ0) is 15.8. The zero-order valence-corrected chi connectivity index (χ0v) is 14.7. The van der Waals surface area contributed by atoms with E-state index in [0.29, 0.717) is 35.5 Å². The first-order valence-electron chi connectivity index (χ1n) is 6.91. The van der Waals surface area contributed by atoms with Gasteiger partial charge in [0, 0.05) is 19.3 Å². The van der Waals surface area contributed by atoms with Crippen molar-refractivity contribution in [2.45, 2.75) is 26.4 Å². The summed E-state index contributed by atoms with van der Waals surface area (Å²) >= 11 is 6.14. The number of nitrogens with one attached hydrogen (secondary N) is 1. The minimum atomic E-state index is -0.283. The van der Waals surface area contributed by atoms with E-state index in [4.69, 9.17) is 26.8 Å². The lowest BCUT2D eigenvalue weighted by molar-refractivity contribution is -0.118. The third-order valence-corrected chi connectivity index (χ3v) is 3.09. The van der Waals surface area contributed by atoms with Gasteiger partial charge in [-0.1, -0.05) is 25.4 Å². The van der Waals surface area contributed by atoms with Crippen molar-refractivity contribution in [2.24, 2.45) is 11.7 Å². The summed E-state index contributed by atoms with van der Waals surface area (Å²) in [7, 11) is 1.53. The molecule has 0 saturated carbocycles. The van der Waals surface area contributed by atoms with Crippen molar-refractivity contribution in [2.75, 3.05) is 25.6 Å². The summed E-state index contributed by atoms with van der Waals surface area (Å²) < 4.78 is 10.6. The summed E-state index contributed by atoms with van der Waals surface area (Å²) in [6.07, 6.45) is -0.0786. The van der Waals surface area contributed by atoms with Gasteiger partial charge in [0.05, 0.1) is 24.2 Å². The van der Waals surface area contributed by atoms with Crippen molar-refractivity contribution in [1.82, 2.24) is 0 Å². The summed E-state index contributed by atoms with van der Waals surface area (Å²) in [6, 6.07) is 5.17. The molecule has 0 bridgehead atoms. The predicted octanol–water partition coefficient (Wildman–Crippen LogP) is 3.10. The molecule has 0 spiro atoms. The number of ether oxygens (including phenoxy) is 2. The van der Waals surface area contributed by atoms with E-state index in [1.165, 1.54) is 7.11 Å². The van der Waals surface area contributed by atoms with Gasteiger partial charge in [-0.15, -0.1) is 12.4 Å². The molecular formula is C15H24Cl2N2O3. The topological polar surface area (TPSA) is 73.6 Å². The van der Waals surface area contributed by atoms with Crippen molar-refractivity contribution < 1.29 is 14.3 Å². The minimum absolute atomic E-state index is 0. The van der Waals surface area contributed by atoms with Crippen LogP contribution in [-0.2, 0) is 9.53 Å². The largest absolute Gasteiger partial charge is 0.492 e. The summed E-state index contributed by atoms with van der Waals surface area (Å²) in [6.45, 7) is 5.02. The van der Waals surface area contributed by atoms with Crippen LogP contribution in [0.3, 0.4) is 0 Å². The van der Waals surface area contributed by atoms with Gasteiger partial charge in [0.1, 0.15) is 5.75 Å². The van der Waals surface area contributed by atoms with Gasteiger partial charge < -0.3 is 20.5 Å². The Morgan fingerprint density at radius 2 is 2.09 bits per heavy atom. The number of carbonyl (C=O) groups excluding carboxylic acids is 1. The second kappa shape index (κ2) is 10.7. The van der Waals surface area contributed by atoms with Gasteiger partial charge in [0.2, 0.25) is 5.91 Å². The van der Waals surface area contributed by atoms with Crippen LogP contribution in [0.25, 0.3) is 0 Å². The van der Waals surface area contributed by atoms with Gasteiger partial charge in [-0.25, -0.2) is 0 Å². The number of hydrogen-bond acceptors (Lipinski definition) is 4. The maximum atomic E-state index is 11.8. The first-order chi connectivity index (χ1) is 9.96. The summed E-state index contributed by atoms with van der Waals surface area (Å²) in [5.74, 6) is 0.863. The van der Waals surface area contributed by atoms with Crippen LogP contribution in [0.15, 0.2) is 18.2 Å². The second-order valence-corrected chi connectivity index (χ2v) is 5.60. The molecule has 1 aromatic rings. The molecule has 3 N–H and O–H groups in total. The Hall–Kier alpha value is -1.01. The molecule has 0 aromatic heterocycles. The Balaban J connectivity index is 0.00000441. The first kappa shape index (κ1) is 21.0. The average Bonchev–Trinajstić information content (AvgIpc) is 2.43. The molecule has 0 aliphatic carbocycles. The molecule has 0 saturated heterocycles. The van der Waals surface area contributed by atoms with Crippen molar-refractivity contribution in [3.8, 4) is 5.75 Å². The lowest BCUT2D eigenvalue weighted by atomic mass is 10.2. The number of nitrogens with two attached hydrogens (primary N) is 1. The minimum Gasteiger partial charge on any atom is -0.492 e. The second-order valence-electron chi connectivity index (χ2n) is 5.20. The van der Waals surface area contributed by atoms with Crippen molar-refractivity contribution in [3.05, 3.63) is 23.2 Å². The Kier molecular flexibility index (Phi) is 10.2. The molecule has 7 heteroatoms. The highest BCUT2D eigenvalue weighted by Gasteiger charge is 2.12. The quantitative estimate of drug-likeness (QED) is 0.755. The van der Waals surface area contributed by atoms with Crippen LogP contribution >= 0.6 is 24.0 Å². The van der Waals surface area contributed by atoms with Gasteiger partial charge in [-0.2, -0.15) is 0 Å². The molecule has 1 amide bonds. The van der Waals surface area contributed by atoms with Crippen LogP contribution in [-0.4, -0.2) is 32.3 Å². The lowest BCUT2D eigenvalue weighted by Crippen LogP contribution is -2.28. The van der Waals surface area contributed by atoms with Gasteiger partial charge in [-0.3, -0.25) is 4.79 Å². The number of halogens is 2. The third kappa shape index (κ3) is 7.31. The van der Waals surface area contributed by atoms with Crippen molar-refractivity contribution in [3.63, 3.8) is 0 Å². The molecule has 0 aliphatic rings. The van der Waals surface area contributed by atoms with Crippen LogP contribution in [0, 0.1) is 5.92 Å². The Morgan fingerprint density at radius 1 is 1.41 bits per heavy atom. The number of rotatable bonds is 8. The van der Waals surface area contributed by atoms with Crippen LogP contribution in [0.1, 0.15) is 20.3 Å². The van der Waals surface area contributed by atoms with Crippen LogP contribution < -0.4 is 15.8 Å². The van der Waals surface area contributed by atoms with Crippen molar-refractivity contribution in [1.29, 1.82) is 0 Å². The van der Waals surface area contributed by atoms with Crippen LogP contribution in [0.2, 0.25) is 5.02 Å². The molecule has 126 valence electrons. The van der Waals surface area contributed by atoms with Gasteiger partial charge in [-0.05, 0) is 24.1 Å². The number of hydrogen-bond donors (Lipinski definition) is 2. The zero-order valence-electron chi connectivity index (χ0n) is 13.1. The maximum absolute atomic E-state index is 11.8. The summed E-state index contributed by atoms with van der Waals surface area (Å²) in [4.78, 5) is 11.8. The van der Waals surface area contributed by atoms with E-state index in [9.17, 15) is 4.79 Å². The molecular weight excluding hydrogens is 327 g/mol. The van der Waals surface area contributed by atoms with Crippen molar-refractivity contribution >= 4 is 35.6 Å². The normalized spacial score (nSPS) is 11.7. The summed E-state index contributed by atoms with van der Waals surface area (Å²) in [5.41, 5.74) is 6.10. The Morgan fingerprint density at radius 3 is 2.59 bits per heavy atom. The van der Waals surface area contributed by atoms with E-state index >= 15 is 0 Å². The first-order valence-corrected chi connectivity index (χ1v) is 7.29. The molecule has 0 radical (unpaired) electrons. The molecule has 1 atom stereocenters. The molecule has 1 rings (SSSR count). The van der Waals surface area contributed by atoms with E-state index in [-0.39, 0.29) is 30.8 Å². The highest BCUT2D eigenvalue weighted by molar-refractivity contribution is 6.32. The number of carbonyl (C=O) groups is 1. The highest BCUT2D eigenvalue weighted by atomic mass is 35.5. The van der Waals surface area contributed by atoms with E-state index in [0.717, 1.165) is 0 Å². The fourth-order valence-electron chi connectivity index (χ4n) is 1.63. The third-order valence-electron chi connectivity index (χ3n) is 2.80. The number of amides is 1. The highest BCUT2D eigenvalue weighted by Crippen LogP contribution is 2.28. The molecule has 0 fully saturated rings. The van der Waals surface area contributed by atoms with E-state index < -0.39 is 0 Å². The molecule has 1 unspecified atom stereocenters. The van der Waals surface area contributed by atoms with Gasteiger partial charge in [0.15, 0.2) is 0 Å².